The lowest BCUT2D eigenvalue weighted by molar-refractivity contribution is 0.113. The van der Waals surface area contributed by atoms with E-state index in [1.807, 2.05) is 7.05 Å². The Morgan fingerprint density at radius 1 is 1.46 bits per heavy atom. The third-order valence-electron chi connectivity index (χ3n) is 2.14. The summed E-state index contributed by atoms with van der Waals surface area (Å²) in [6, 6.07) is 0.482. The zero-order valence-corrected chi connectivity index (χ0v) is 9.47. The van der Waals surface area contributed by atoms with Crippen molar-refractivity contribution in [3.05, 3.63) is 0 Å². The standard InChI is InChI=1S/C9H21NO2S/c1-4-9(10-3)7(2)13-6-8(12)5-11/h7-12H,4-6H2,1-3H3. The average molecular weight is 207 g/mol. The van der Waals surface area contributed by atoms with E-state index in [2.05, 4.69) is 19.2 Å². The van der Waals surface area contributed by atoms with Crippen molar-refractivity contribution in [1.29, 1.82) is 0 Å². The van der Waals surface area contributed by atoms with Crippen molar-refractivity contribution in [1.82, 2.24) is 5.32 Å². The molecule has 0 rings (SSSR count). The number of hydrogen-bond acceptors (Lipinski definition) is 4. The minimum Gasteiger partial charge on any atom is -0.394 e. The van der Waals surface area contributed by atoms with Crippen LogP contribution in [0.3, 0.4) is 0 Å². The molecule has 0 aromatic heterocycles. The van der Waals surface area contributed by atoms with E-state index >= 15 is 0 Å². The Morgan fingerprint density at radius 3 is 2.46 bits per heavy atom. The van der Waals surface area contributed by atoms with E-state index < -0.39 is 6.10 Å². The van der Waals surface area contributed by atoms with Crippen molar-refractivity contribution in [2.45, 2.75) is 37.7 Å². The zero-order valence-electron chi connectivity index (χ0n) is 8.66. The summed E-state index contributed by atoms with van der Waals surface area (Å²) in [5, 5.41) is 21.5. The zero-order chi connectivity index (χ0) is 10.3. The van der Waals surface area contributed by atoms with E-state index in [0.717, 1.165) is 6.42 Å². The minimum absolute atomic E-state index is 0.143. The second kappa shape index (κ2) is 7.62. The summed E-state index contributed by atoms with van der Waals surface area (Å²) in [5.74, 6) is 0.607. The fraction of sp³-hybridized carbons (Fsp3) is 1.00. The first-order chi connectivity index (χ1) is 6.15. The van der Waals surface area contributed by atoms with Gasteiger partial charge in [-0.15, -0.1) is 0 Å². The molecular formula is C9H21NO2S. The molecule has 0 heterocycles. The largest absolute Gasteiger partial charge is 0.394 e. The molecule has 0 radical (unpaired) electrons. The van der Waals surface area contributed by atoms with Gasteiger partial charge in [0.25, 0.3) is 0 Å². The molecule has 80 valence electrons. The third-order valence-corrected chi connectivity index (χ3v) is 3.57. The Hall–Kier alpha value is 0.230. The van der Waals surface area contributed by atoms with Gasteiger partial charge in [-0.1, -0.05) is 13.8 Å². The summed E-state index contributed by atoms with van der Waals surface area (Å²) in [4.78, 5) is 0. The van der Waals surface area contributed by atoms with Crippen LogP contribution in [-0.2, 0) is 0 Å². The lowest BCUT2D eigenvalue weighted by atomic mass is 10.2. The Kier molecular flexibility index (Phi) is 7.75. The first-order valence-corrected chi connectivity index (χ1v) is 5.78. The van der Waals surface area contributed by atoms with Gasteiger partial charge in [-0.2, -0.15) is 11.8 Å². The highest BCUT2D eigenvalue weighted by Crippen LogP contribution is 2.17. The molecule has 0 fully saturated rings. The quantitative estimate of drug-likeness (QED) is 0.568. The summed E-state index contributed by atoms with van der Waals surface area (Å²) >= 11 is 1.69. The van der Waals surface area contributed by atoms with Crippen LogP contribution in [0.1, 0.15) is 20.3 Å². The maximum absolute atomic E-state index is 9.14. The molecule has 13 heavy (non-hydrogen) atoms. The van der Waals surface area contributed by atoms with Gasteiger partial charge in [0.1, 0.15) is 0 Å². The topological polar surface area (TPSA) is 52.5 Å². The van der Waals surface area contributed by atoms with Gasteiger partial charge in [0, 0.05) is 17.0 Å². The third kappa shape index (κ3) is 5.52. The van der Waals surface area contributed by atoms with Crippen LogP contribution < -0.4 is 5.32 Å². The summed E-state index contributed by atoms with van der Waals surface area (Å²) < 4.78 is 0. The number of aliphatic hydroxyl groups excluding tert-OH is 2. The van der Waals surface area contributed by atoms with Crippen LogP contribution in [0.5, 0.6) is 0 Å². The van der Waals surface area contributed by atoms with Crippen molar-refractivity contribution in [2.75, 3.05) is 19.4 Å². The monoisotopic (exact) mass is 207 g/mol. The molecule has 0 saturated heterocycles. The van der Waals surface area contributed by atoms with Crippen LogP contribution in [0, 0.1) is 0 Å². The molecule has 0 aromatic carbocycles. The molecule has 0 spiro atoms. The second-order valence-corrected chi connectivity index (χ2v) is 4.59. The van der Waals surface area contributed by atoms with Crippen LogP contribution in [0.2, 0.25) is 0 Å². The Balaban J connectivity index is 3.65. The van der Waals surface area contributed by atoms with Crippen LogP contribution in [0.25, 0.3) is 0 Å². The van der Waals surface area contributed by atoms with E-state index in [9.17, 15) is 0 Å². The van der Waals surface area contributed by atoms with E-state index in [1.165, 1.54) is 0 Å². The van der Waals surface area contributed by atoms with Gasteiger partial charge >= 0.3 is 0 Å². The fourth-order valence-electron chi connectivity index (χ4n) is 1.20. The fourth-order valence-corrected chi connectivity index (χ4v) is 2.39. The summed E-state index contributed by atoms with van der Waals surface area (Å²) in [6.07, 6.45) is 0.502. The maximum atomic E-state index is 9.14. The van der Waals surface area contributed by atoms with Crippen LogP contribution in [-0.4, -0.2) is 47.0 Å². The molecule has 0 saturated carbocycles. The normalized spacial score (nSPS) is 18.2. The molecule has 0 bridgehead atoms. The number of rotatable bonds is 7. The highest BCUT2D eigenvalue weighted by atomic mass is 32.2. The first-order valence-electron chi connectivity index (χ1n) is 4.73. The van der Waals surface area contributed by atoms with Gasteiger partial charge in [0.05, 0.1) is 12.7 Å². The highest BCUT2D eigenvalue weighted by molar-refractivity contribution is 7.99. The Morgan fingerprint density at radius 2 is 2.08 bits per heavy atom. The summed E-state index contributed by atoms with van der Waals surface area (Å²) in [5.41, 5.74) is 0. The molecule has 0 aromatic rings. The lowest BCUT2D eigenvalue weighted by Gasteiger charge is -2.22. The predicted molar refractivity (Wildman–Crippen MR) is 58.2 cm³/mol. The van der Waals surface area contributed by atoms with Crippen molar-refractivity contribution in [2.24, 2.45) is 0 Å². The number of aliphatic hydroxyl groups is 2. The molecule has 0 aliphatic heterocycles. The van der Waals surface area contributed by atoms with Gasteiger partial charge in [-0.05, 0) is 13.5 Å². The molecular weight excluding hydrogens is 186 g/mol. The molecule has 3 atom stereocenters. The average Bonchev–Trinajstić information content (AvgIpc) is 2.16. The highest BCUT2D eigenvalue weighted by Gasteiger charge is 2.14. The molecule has 3 N–H and O–H groups in total. The van der Waals surface area contributed by atoms with Gasteiger partial charge in [0.2, 0.25) is 0 Å². The molecule has 3 unspecified atom stereocenters. The van der Waals surface area contributed by atoms with Crippen LogP contribution >= 0.6 is 11.8 Å². The number of nitrogens with one attached hydrogen (secondary N) is 1. The Labute approximate surface area is 84.9 Å². The van der Waals surface area contributed by atoms with E-state index in [-0.39, 0.29) is 6.61 Å². The second-order valence-electron chi connectivity index (χ2n) is 3.18. The predicted octanol–water partition coefficient (Wildman–Crippen LogP) is 0.459. The van der Waals surface area contributed by atoms with Gasteiger partial charge in [0.15, 0.2) is 0 Å². The smallest absolute Gasteiger partial charge is 0.0861 e. The summed E-state index contributed by atoms with van der Waals surface area (Å²) in [7, 11) is 1.95. The van der Waals surface area contributed by atoms with Gasteiger partial charge in [-0.3, -0.25) is 0 Å². The number of hydrogen-bond donors (Lipinski definition) is 3. The van der Waals surface area contributed by atoms with Crippen LogP contribution in [0.4, 0.5) is 0 Å². The molecule has 0 aliphatic rings. The van der Waals surface area contributed by atoms with Gasteiger partial charge in [-0.25, -0.2) is 0 Å². The summed E-state index contributed by atoms with van der Waals surface area (Å²) in [6.45, 7) is 4.14. The van der Waals surface area contributed by atoms with Crippen LogP contribution in [0.15, 0.2) is 0 Å². The van der Waals surface area contributed by atoms with Crippen molar-refractivity contribution >= 4 is 11.8 Å². The molecule has 4 heteroatoms. The van der Waals surface area contributed by atoms with Crippen molar-refractivity contribution in [3.63, 3.8) is 0 Å². The molecule has 3 nitrogen and oxygen atoms in total. The lowest BCUT2D eigenvalue weighted by Crippen LogP contribution is -2.34. The van der Waals surface area contributed by atoms with E-state index in [1.54, 1.807) is 11.8 Å². The van der Waals surface area contributed by atoms with E-state index in [0.29, 0.717) is 17.0 Å². The molecule has 0 aliphatic carbocycles. The SMILES string of the molecule is CCC(NC)C(C)SCC(O)CO. The van der Waals surface area contributed by atoms with Crippen molar-refractivity contribution in [3.8, 4) is 0 Å². The van der Waals surface area contributed by atoms with Crippen molar-refractivity contribution < 1.29 is 10.2 Å². The maximum Gasteiger partial charge on any atom is 0.0861 e. The molecule has 0 amide bonds. The number of thioether (sulfide) groups is 1. The minimum atomic E-state index is -0.582. The first kappa shape index (κ1) is 13.2. The van der Waals surface area contributed by atoms with Gasteiger partial charge < -0.3 is 15.5 Å². The Bertz CT molecular complexity index is 120. The van der Waals surface area contributed by atoms with E-state index in [4.69, 9.17) is 10.2 Å².